The number of likely N-dealkylation sites (N-methyl/N-ethyl adjacent to an activating group) is 1. The highest BCUT2D eigenvalue weighted by Crippen LogP contribution is 2.48. The molecule has 1 aliphatic carbocycles. The molecule has 2 aliphatic rings. The number of rotatable bonds is 4. The summed E-state index contributed by atoms with van der Waals surface area (Å²) in [6.07, 6.45) is -3.61. The maximum Gasteiger partial charge on any atom is 0.416 e. The molecule has 5 nitrogen and oxygen atoms in total. The van der Waals surface area contributed by atoms with Gasteiger partial charge in [0.15, 0.2) is 0 Å². The Morgan fingerprint density at radius 2 is 1.81 bits per heavy atom. The van der Waals surface area contributed by atoms with Crippen molar-refractivity contribution in [1.82, 2.24) is 9.80 Å². The van der Waals surface area contributed by atoms with Gasteiger partial charge in [-0.3, -0.25) is 9.59 Å². The topological polar surface area (TPSA) is 52.7 Å². The quantitative estimate of drug-likeness (QED) is 0.830. The molecule has 1 saturated heterocycles. The number of halogens is 3. The second-order valence-electron chi connectivity index (χ2n) is 6.84. The maximum absolute atomic E-state index is 12.8. The number of amides is 2. The van der Waals surface area contributed by atoms with E-state index in [-0.39, 0.29) is 11.6 Å². The van der Waals surface area contributed by atoms with Crippen LogP contribution in [0.4, 0.5) is 18.9 Å². The van der Waals surface area contributed by atoms with Crippen molar-refractivity contribution < 1.29 is 22.8 Å². The summed E-state index contributed by atoms with van der Waals surface area (Å²) in [4.78, 5) is 29.3. The lowest BCUT2D eigenvalue weighted by molar-refractivity contribution is -0.144. The number of hydrogen-bond acceptors (Lipinski definition) is 3. The third kappa shape index (κ3) is 3.70. The molecule has 0 bridgehead atoms. The number of alkyl halides is 3. The van der Waals surface area contributed by atoms with Crippen molar-refractivity contribution in [3.8, 4) is 0 Å². The van der Waals surface area contributed by atoms with Crippen LogP contribution in [0.5, 0.6) is 0 Å². The maximum atomic E-state index is 12.8. The van der Waals surface area contributed by atoms with Crippen LogP contribution in [0, 0.1) is 5.41 Å². The van der Waals surface area contributed by atoms with Crippen molar-refractivity contribution in [2.45, 2.75) is 25.9 Å². The van der Waals surface area contributed by atoms with Gasteiger partial charge in [-0.15, -0.1) is 0 Å². The Balaban J connectivity index is 1.67. The van der Waals surface area contributed by atoms with Crippen molar-refractivity contribution in [1.29, 1.82) is 0 Å². The van der Waals surface area contributed by atoms with Gasteiger partial charge < -0.3 is 15.1 Å². The van der Waals surface area contributed by atoms with Crippen LogP contribution in [-0.4, -0.2) is 54.3 Å². The third-order valence-electron chi connectivity index (χ3n) is 5.15. The largest absolute Gasteiger partial charge is 0.416 e. The molecule has 1 aliphatic heterocycles. The summed E-state index contributed by atoms with van der Waals surface area (Å²) in [5.41, 5.74) is -1.90. The molecule has 1 aromatic carbocycles. The number of anilines is 1. The summed E-state index contributed by atoms with van der Waals surface area (Å²) in [5, 5.41) is 2.50. The molecule has 1 N–H and O–H groups in total. The molecule has 1 aromatic rings. The summed E-state index contributed by atoms with van der Waals surface area (Å²) in [7, 11) is 0. The highest BCUT2D eigenvalue weighted by atomic mass is 19.4. The number of carbonyl (C=O) groups excluding carboxylic acids is 2. The number of hydrogen-bond donors (Lipinski definition) is 1. The fraction of sp³-hybridized carbons (Fsp3) is 0.556. The molecule has 2 fully saturated rings. The first kappa shape index (κ1) is 18.7. The molecule has 0 atom stereocenters. The number of nitrogens with one attached hydrogen (secondary N) is 1. The minimum atomic E-state index is -4.48. The molecule has 142 valence electrons. The fourth-order valence-electron chi connectivity index (χ4n) is 3.26. The summed E-state index contributed by atoms with van der Waals surface area (Å²) in [5.74, 6) is -0.725. The lowest BCUT2D eigenvalue weighted by Crippen LogP contribution is -2.52. The molecular weight excluding hydrogens is 347 g/mol. The second kappa shape index (κ2) is 6.90. The fourth-order valence-corrected chi connectivity index (χ4v) is 3.26. The van der Waals surface area contributed by atoms with Gasteiger partial charge in [0.2, 0.25) is 11.8 Å². The van der Waals surface area contributed by atoms with E-state index >= 15 is 0 Å². The van der Waals surface area contributed by atoms with Gasteiger partial charge in [0.1, 0.15) is 5.41 Å². The van der Waals surface area contributed by atoms with Gasteiger partial charge in [-0.1, -0.05) is 13.0 Å². The highest BCUT2D eigenvalue weighted by Gasteiger charge is 2.58. The van der Waals surface area contributed by atoms with E-state index in [1.165, 1.54) is 12.1 Å². The van der Waals surface area contributed by atoms with Gasteiger partial charge in [-0.25, -0.2) is 0 Å². The predicted octanol–water partition coefficient (Wildman–Crippen LogP) is 2.59. The molecule has 26 heavy (non-hydrogen) atoms. The van der Waals surface area contributed by atoms with Crippen LogP contribution in [0.25, 0.3) is 0 Å². The average molecular weight is 369 g/mol. The van der Waals surface area contributed by atoms with Gasteiger partial charge in [-0.2, -0.15) is 13.2 Å². The van der Waals surface area contributed by atoms with Crippen LogP contribution < -0.4 is 5.32 Å². The van der Waals surface area contributed by atoms with Crippen LogP contribution in [-0.2, 0) is 15.8 Å². The van der Waals surface area contributed by atoms with E-state index in [1.54, 1.807) is 4.90 Å². The van der Waals surface area contributed by atoms with E-state index in [4.69, 9.17) is 0 Å². The molecule has 1 saturated carbocycles. The van der Waals surface area contributed by atoms with E-state index in [1.807, 2.05) is 0 Å². The minimum absolute atomic E-state index is 0.0553. The Morgan fingerprint density at radius 1 is 1.15 bits per heavy atom. The average Bonchev–Trinajstić information content (AvgIpc) is 3.43. The van der Waals surface area contributed by atoms with Crippen LogP contribution in [0.3, 0.4) is 0 Å². The molecule has 2 amide bonds. The zero-order chi connectivity index (χ0) is 18.9. The standard InChI is InChI=1S/C18H22F3N3O2/c1-2-23-8-10-24(11-9-23)16(26)17(6-7-17)15(25)22-14-5-3-4-13(12-14)18(19,20)21/h3-5,12H,2,6-11H2,1H3,(H,22,25). The van der Waals surface area contributed by atoms with Gasteiger partial charge >= 0.3 is 6.18 Å². The third-order valence-corrected chi connectivity index (χ3v) is 5.15. The van der Waals surface area contributed by atoms with Crippen molar-refractivity contribution in [3.05, 3.63) is 29.8 Å². The van der Waals surface area contributed by atoms with E-state index < -0.39 is 23.1 Å². The zero-order valence-electron chi connectivity index (χ0n) is 14.6. The number of nitrogens with zero attached hydrogens (tertiary/aromatic N) is 2. The predicted molar refractivity (Wildman–Crippen MR) is 90.4 cm³/mol. The van der Waals surface area contributed by atoms with E-state index in [9.17, 15) is 22.8 Å². The summed E-state index contributed by atoms with van der Waals surface area (Å²) < 4.78 is 38.4. The van der Waals surface area contributed by atoms with Crippen molar-refractivity contribution in [3.63, 3.8) is 0 Å². The Bertz CT molecular complexity index is 693. The molecule has 0 radical (unpaired) electrons. The van der Waals surface area contributed by atoms with E-state index in [0.717, 1.165) is 31.8 Å². The smallest absolute Gasteiger partial charge is 0.339 e. The first-order chi connectivity index (χ1) is 12.3. The van der Waals surface area contributed by atoms with E-state index in [2.05, 4.69) is 17.1 Å². The Hall–Kier alpha value is -2.09. The Labute approximate surface area is 150 Å². The number of carbonyl (C=O) groups is 2. The Kier molecular flexibility index (Phi) is 4.96. The summed E-state index contributed by atoms with van der Waals surface area (Å²) in [6.45, 7) is 5.67. The lowest BCUT2D eigenvalue weighted by Gasteiger charge is -2.35. The van der Waals surface area contributed by atoms with Gasteiger partial charge in [0, 0.05) is 31.9 Å². The molecule has 0 aromatic heterocycles. The van der Waals surface area contributed by atoms with Gasteiger partial charge in [0.05, 0.1) is 5.56 Å². The van der Waals surface area contributed by atoms with Crippen molar-refractivity contribution >= 4 is 17.5 Å². The molecule has 3 rings (SSSR count). The van der Waals surface area contributed by atoms with Crippen LogP contribution in [0.2, 0.25) is 0 Å². The number of piperazine rings is 1. The molecule has 0 unspecified atom stereocenters. The minimum Gasteiger partial charge on any atom is -0.339 e. The zero-order valence-corrected chi connectivity index (χ0v) is 14.6. The lowest BCUT2D eigenvalue weighted by atomic mass is 10.0. The first-order valence-corrected chi connectivity index (χ1v) is 8.77. The van der Waals surface area contributed by atoms with Crippen LogP contribution >= 0.6 is 0 Å². The second-order valence-corrected chi connectivity index (χ2v) is 6.84. The highest BCUT2D eigenvalue weighted by molar-refractivity contribution is 6.13. The normalized spacial score (nSPS) is 19.9. The first-order valence-electron chi connectivity index (χ1n) is 8.77. The van der Waals surface area contributed by atoms with Gasteiger partial charge in [-0.05, 0) is 37.6 Å². The van der Waals surface area contributed by atoms with E-state index in [0.29, 0.717) is 25.9 Å². The monoisotopic (exact) mass is 369 g/mol. The van der Waals surface area contributed by atoms with Gasteiger partial charge in [0.25, 0.3) is 0 Å². The van der Waals surface area contributed by atoms with Crippen LogP contribution in [0.1, 0.15) is 25.3 Å². The molecule has 0 spiro atoms. The SMILES string of the molecule is CCN1CCN(C(=O)C2(C(=O)Nc3cccc(C(F)(F)F)c3)CC2)CC1. The summed E-state index contributed by atoms with van der Waals surface area (Å²) >= 11 is 0. The number of benzene rings is 1. The van der Waals surface area contributed by atoms with Crippen molar-refractivity contribution in [2.24, 2.45) is 5.41 Å². The molecule has 8 heteroatoms. The molecule has 1 heterocycles. The molecular formula is C18H22F3N3O2. The Morgan fingerprint density at radius 3 is 2.35 bits per heavy atom. The van der Waals surface area contributed by atoms with Crippen LogP contribution in [0.15, 0.2) is 24.3 Å². The van der Waals surface area contributed by atoms with Crippen molar-refractivity contribution in [2.75, 3.05) is 38.0 Å². The summed E-state index contributed by atoms with van der Waals surface area (Å²) in [6, 6.07) is 4.47.